The summed E-state index contributed by atoms with van der Waals surface area (Å²) in [5.74, 6) is -0.723. The first kappa shape index (κ1) is 11.5. The Morgan fingerprint density at radius 3 is 2.86 bits per heavy atom. The molecule has 0 aromatic carbocycles. The van der Waals surface area contributed by atoms with E-state index >= 15 is 0 Å². The van der Waals surface area contributed by atoms with Crippen LogP contribution in [-0.2, 0) is 4.79 Å². The largest absolute Gasteiger partial charge is 0.480 e. The van der Waals surface area contributed by atoms with Crippen LogP contribution in [0.3, 0.4) is 0 Å². The summed E-state index contributed by atoms with van der Waals surface area (Å²) in [4.78, 5) is 12.6. The Balaban J connectivity index is 2.35. The Labute approximate surface area is 85.3 Å². The number of hydrogen-bond acceptors (Lipinski definition) is 3. The number of nitrogens with one attached hydrogen (secondary N) is 1. The molecule has 0 bridgehead atoms. The first-order chi connectivity index (χ1) is 6.63. The zero-order valence-corrected chi connectivity index (χ0v) is 8.99. The fourth-order valence-electron chi connectivity index (χ4n) is 2.10. The van der Waals surface area contributed by atoms with Crippen LogP contribution in [0.5, 0.6) is 0 Å². The van der Waals surface area contributed by atoms with E-state index in [9.17, 15) is 4.79 Å². The van der Waals surface area contributed by atoms with Crippen molar-refractivity contribution in [1.82, 2.24) is 10.2 Å². The number of rotatable bonds is 4. The van der Waals surface area contributed by atoms with E-state index in [4.69, 9.17) is 5.11 Å². The van der Waals surface area contributed by atoms with Gasteiger partial charge in [-0.1, -0.05) is 6.92 Å². The van der Waals surface area contributed by atoms with Crippen molar-refractivity contribution >= 4 is 5.97 Å². The van der Waals surface area contributed by atoms with E-state index < -0.39 is 5.97 Å². The van der Waals surface area contributed by atoms with Crippen LogP contribution < -0.4 is 5.32 Å². The van der Waals surface area contributed by atoms with E-state index in [0.29, 0.717) is 12.1 Å². The summed E-state index contributed by atoms with van der Waals surface area (Å²) in [5, 5.41) is 12.1. The van der Waals surface area contributed by atoms with Gasteiger partial charge in [-0.25, -0.2) is 0 Å². The minimum atomic E-state index is -0.723. The number of aliphatic carboxylic acids is 1. The lowest BCUT2D eigenvalue weighted by molar-refractivity contribution is -0.139. The third kappa shape index (κ3) is 3.27. The summed E-state index contributed by atoms with van der Waals surface area (Å²) in [6.07, 6.45) is 2.12. The minimum Gasteiger partial charge on any atom is -0.480 e. The summed E-state index contributed by atoms with van der Waals surface area (Å²) in [6.45, 7) is 6.28. The molecular weight excluding hydrogens is 180 g/mol. The number of piperidine rings is 1. The van der Waals surface area contributed by atoms with Gasteiger partial charge in [0.25, 0.3) is 0 Å². The Hall–Kier alpha value is -0.610. The standard InChI is InChI=1S/C10H20N2O2/c1-3-11-9-4-5-12(7-10(13)14)8(2)6-9/h8-9,11H,3-7H2,1-2H3,(H,13,14). The highest BCUT2D eigenvalue weighted by Gasteiger charge is 2.25. The van der Waals surface area contributed by atoms with Crippen LogP contribution in [0.4, 0.5) is 0 Å². The Kier molecular flexibility index (Phi) is 4.35. The molecular formula is C10H20N2O2. The number of carbonyl (C=O) groups is 1. The molecule has 2 unspecified atom stereocenters. The molecule has 4 nitrogen and oxygen atoms in total. The Morgan fingerprint density at radius 2 is 2.36 bits per heavy atom. The van der Waals surface area contributed by atoms with E-state index in [0.717, 1.165) is 25.9 Å². The van der Waals surface area contributed by atoms with Gasteiger partial charge in [0.15, 0.2) is 0 Å². The predicted octanol–water partition coefficient (Wildman–Crippen LogP) is 0.533. The van der Waals surface area contributed by atoms with Crippen LogP contribution >= 0.6 is 0 Å². The third-order valence-corrected chi connectivity index (χ3v) is 2.84. The Morgan fingerprint density at radius 1 is 1.64 bits per heavy atom. The van der Waals surface area contributed by atoms with Crippen LogP contribution in [0.25, 0.3) is 0 Å². The van der Waals surface area contributed by atoms with Crippen molar-refractivity contribution in [1.29, 1.82) is 0 Å². The van der Waals surface area contributed by atoms with Gasteiger partial charge in [-0.2, -0.15) is 0 Å². The van der Waals surface area contributed by atoms with Crippen LogP contribution in [0.2, 0.25) is 0 Å². The molecule has 82 valence electrons. The monoisotopic (exact) mass is 200 g/mol. The molecule has 1 aliphatic rings. The first-order valence-corrected chi connectivity index (χ1v) is 5.32. The maximum Gasteiger partial charge on any atom is 0.317 e. The van der Waals surface area contributed by atoms with Gasteiger partial charge in [0.05, 0.1) is 6.54 Å². The SMILES string of the molecule is CCNC1CCN(CC(=O)O)C(C)C1. The lowest BCUT2D eigenvalue weighted by atomic mass is 9.98. The second-order valence-electron chi connectivity index (χ2n) is 3.99. The second kappa shape index (κ2) is 5.32. The minimum absolute atomic E-state index is 0.181. The average Bonchev–Trinajstić information content (AvgIpc) is 2.10. The number of carboxylic acids is 1. The van der Waals surface area contributed by atoms with Gasteiger partial charge in [0, 0.05) is 18.6 Å². The van der Waals surface area contributed by atoms with Crippen LogP contribution in [0.1, 0.15) is 26.7 Å². The van der Waals surface area contributed by atoms with Crippen molar-refractivity contribution < 1.29 is 9.90 Å². The van der Waals surface area contributed by atoms with Gasteiger partial charge in [0.1, 0.15) is 0 Å². The zero-order valence-electron chi connectivity index (χ0n) is 8.99. The molecule has 14 heavy (non-hydrogen) atoms. The highest BCUT2D eigenvalue weighted by Crippen LogP contribution is 2.16. The second-order valence-corrected chi connectivity index (χ2v) is 3.99. The molecule has 0 spiro atoms. The average molecular weight is 200 g/mol. The molecule has 1 saturated heterocycles. The van der Waals surface area contributed by atoms with Crippen molar-refractivity contribution in [3.63, 3.8) is 0 Å². The smallest absolute Gasteiger partial charge is 0.317 e. The Bertz CT molecular complexity index is 197. The van der Waals surface area contributed by atoms with Crippen molar-refractivity contribution in [2.24, 2.45) is 0 Å². The number of carboxylic acid groups (broad SMARTS) is 1. The fraction of sp³-hybridized carbons (Fsp3) is 0.900. The van der Waals surface area contributed by atoms with Gasteiger partial charge in [-0.15, -0.1) is 0 Å². The van der Waals surface area contributed by atoms with E-state index in [2.05, 4.69) is 19.2 Å². The molecule has 0 aliphatic carbocycles. The molecule has 0 amide bonds. The van der Waals surface area contributed by atoms with Gasteiger partial charge < -0.3 is 10.4 Å². The number of nitrogens with zero attached hydrogens (tertiary/aromatic N) is 1. The summed E-state index contributed by atoms with van der Waals surface area (Å²) in [5.41, 5.74) is 0. The summed E-state index contributed by atoms with van der Waals surface area (Å²) in [7, 11) is 0. The van der Waals surface area contributed by atoms with Crippen LogP contribution in [0, 0.1) is 0 Å². The maximum absolute atomic E-state index is 10.6. The quantitative estimate of drug-likeness (QED) is 0.695. The van der Waals surface area contributed by atoms with Crippen molar-refractivity contribution in [2.45, 2.75) is 38.8 Å². The van der Waals surface area contributed by atoms with Crippen molar-refractivity contribution in [2.75, 3.05) is 19.6 Å². The molecule has 2 N–H and O–H groups in total. The normalized spacial score (nSPS) is 29.0. The number of hydrogen-bond donors (Lipinski definition) is 2. The molecule has 0 aromatic rings. The topological polar surface area (TPSA) is 52.6 Å². The zero-order chi connectivity index (χ0) is 10.6. The van der Waals surface area contributed by atoms with Crippen molar-refractivity contribution in [3.05, 3.63) is 0 Å². The fourth-order valence-corrected chi connectivity index (χ4v) is 2.10. The lowest BCUT2D eigenvalue weighted by Gasteiger charge is -2.36. The molecule has 2 atom stereocenters. The molecule has 0 aromatic heterocycles. The van der Waals surface area contributed by atoms with Crippen molar-refractivity contribution in [3.8, 4) is 0 Å². The summed E-state index contributed by atoms with van der Waals surface area (Å²) < 4.78 is 0. The molecule has 1 fully saturated rings. The molecule has 4 heteroatoms. The molecule has 1 heterocycles. The van der Waals surface area contributed by atoms with E-state index in [1.807, 2.05) is 4.90 Å². The highest BCUT2D eigenvalue weighted by atomic mass is 16.4. The summed E-state index contributed by atoms with van der Waals surface area (Å²) >= 11 is 0. The van der Waals surface area contributed by atoms with Gasteiger partial charge >= 0.3 is 5.97 Å². The molecule has 1 aliphatic heterocycles. The van der Waals surface area contributed by atoms with Crippen LogP contribution in [-0.4, -0.2) is 47.7 Å². The molecule has 1 rings (SSSR count). The van der Waals surface area contributed by atoms with Crippen LogP contribution in [0.15, 0.2) is 0 Å². The van der Waals surface area contributed by atoms with E-state index in [1.165, 1.54) is 0 Å². The first-order valence-electron chi connectivity index (χ1n) is 5.32. The summed E-state index contributed by atoms with van der Waals surface area (Å²) in [6, 6.07) is 0.948. The van der Waals surface area contributed by atoms with E-state index in [1.54, 1.807) is 0 Å². The molecule has 0 saturated carbocycles. The molecule has 0 radical (unpaired) electrons. The maximum atomic E-state index is 10.6. The number of likely N-dealkylation sites (tertiary alicyclic amines) is 1. The van der Waals surface area contributed by atoms with Gasteiger partial charge in [-0.05, 0) is 26.3 Å². The van der Waals surface area contributed by atoms with E-state index in [-0.39, 0.29) is 6.54 Å². The van der Waals surface area contributed by atoms with Gasteiger partial charge in [0.2, 0.25) is 0 Å². The lowest BCUT2D eigenvalue weighted by Crippen LogP contribution is -2.48. The highest BCUT2D eigenvalue weighted by molar-refractivity contribution is 5.69. The predicted molar refractivity (Wildman–Crippen MR) is 55.4 cm³/mol. The third-order valence-electron chi connectivity index (χ3n) is 2.84. The van der Waals surface area contributed by atoms with Gasteiger partial charge in [-0.3, -0.25) is 9.69 Å².